The molecule has 0 saturated heterocycles. The topological polar surface area (TPSA) is 73.2 Å². The second-order valence-electron chi connectivity index (χ2n) is 7.33. The van der Waals surface area contributed by atoms with E-state index in [1.807, 2.05) is 60.7 Å². The van der Waals surface area contributed by atoms with Gasteiger partial charge < -0.3 is 10.1 Å². The molecule has 0 radical (unpaired) electrons. The van der Waals surface area contributed by atoms with E-state index < -0.39 is 11.5 Å². The highest BCUT2D eigenvalue weighted by Gasteiger charge is 2.24. The molecule has 0 spiro atoms. The average molecular weight is 420 g/mol. The molecule has 1 heterocycles. The van der Waals surface area contributed by atoms with E-state index in [0.717, 1.165) is 30.6 Å². The van der Waals surface area contributed by atoms with Crippen LogP contribution >= 0.6 is 0 Å². The van der Waals surface area contributed by atoms with Crippen molar-refractivity contribution in [2.45, 2.75) is 26.2 Å². The van der Waals surface area contributed by atoms with Crippen LogP contribution in [0.25, 0.3) is 22.4 Å². The van der Waals surface area contributed by atoms with E-state index >= 15 is 0 Å². The van der Waals surface area contributed by atoms with Gasteiger partial charge in [0.2, 0.25) is 0 Å². The molecular formula is C25H29N3O3. The molecule has 1 N–H and O–H groups in total. The van der Waals surface area contributed by atoms with Crippen LogP contribution in [-0.4, -0.2) is 35.4 Å². The third-order valence-corrected chi connectivity index (χ3v) is 4.97. The second kappa shape index (κ2) is 11.2. The number of hydrogen-bond acceptors (Lipinski definition) is 4. The van der Waals surface area contributed by atoms with Crippen LogP contribution in [0.1, 0.15) is 36.5 Å². The Morgan fingerprint density at radius 2 is 1.58 bits per heavy atom. The van der Waals surface area contributed by atoms with Crippen LogP contribution in [0.5, 0.6) is 0 Å². The van der Waals surface area contributed by atoms with Crippen molar-refractivity contribution in [2.75, 3.05) is 19.8 Å². The number of nitrogens with zero attached hydrogens (tertiary/aromatic N) is 2. The summed E-state index contributed by atoms with van der Waals surface area (Å²) in [4.78, 5) is 26.1. The first-order valence-corrected chi connectivity index (χ1v) is 10.7. The molecule has 31 heavy (non-hydrogen) atoms. The number of carbonyl (C=O) groups is 1. The minimum atomic E-state index is -0.421. The molecule has 162 valence electrons. The van der Waals surface area contributed by atoms with Crippen LogP contribution in [0.3, 0.4) is 0 Å². The number of benzene rings is 2. The zero-order chi connectivity index (χ0) is 22.1. The SMILES string of the molecule is CCCCOCCCNC(=O)c1c(-c2ccccc2)c(-c2ccccc2)nn(C)c1=O. The lowest BCUT2D eigenvalue weighted by atomic mass is 9.95. The number of aryl methyl sites for hydroxylation is 1. The van der Waals surface area contributed by atoms with Gasteiger partial charge in [0.05, 0.1) is 5.69 Å². The lowest BCUT2D eigenvalue weighted by Crippen LogP contribution is -2.35. The van der Waals surface area contributed by atoms with E-state index in [1.54, 1.807) is 7.05 Å². The smallest absolute Gasteiger partial charge is 0.280 e. The minimum absolute atomic E-state index is 0.106. The number of nitrogens with one attached hydrogen (secondary N) is 1. The van der Waals surface area contributed by atoms with Crippen molar-refractivity contribution < 1.29 is 9.53 Å². The number of aromatic nitrogens is 2. The molecule has 0 bridgehead atoms. The van der Waals surface area contributed by atoms with Crippen molar-refractivity contribution in [1.82, 2.24) is 15.1 Å². The summed E-state index contributed by atoms with van der Waals surface area (Å²) in [6, 6.07) is 19.0. The molecule has 0 aliphatic rings. The van der Waals surface area contributed by atoms with Gasteiger partial charge in [0.25, 0.3) is 11.5 Å². The maximum absolute atomic E-state index is 13.1. The molecule has 3 rings (SSSR count). The van der Waals surface area contributed by atoms with Gasteiger partial charge in [-0.1, -0.05) is 74.0 Å². The van der Waals surface area contributed by atoms with Gasteiger partial charge in [-0.15, -0.1) is 0 Å². The number of hydrogen-bond donors (Lipinski definition) is 1. The standard InChI is InChI=1S/C25H29N3O3/c1-3-4-17-31-18-11-16-26-24(29)22-21(19-12-7-5-8-13-19)23(27-28(2)25(22)30)20-14-9-6-10-15-20/h5-10,12-15H,3-4,11,16-18H2,1-2H3,(H,26,29). The summed E-state index contributed by atoms with van der Waals surface area (Å²) >= 11 is 0. The Morgan fingerprint density at radius 1 is 0.968 bits per heavy atom. The van der Waals surface area contributed by atoms with E-state index in [1.165, 1.54) is 4.68 Å². The molecule has 0 aliphatic heterocycles. The van der Waals surface area contributed by atoms with Gasteiger partial charge in [-0.2, -0.15) is 5.10 Å². The van der Waals surface area contributed by atoms with E-state index in [4.69, 9.17) is 4.74 Å². The maximum atomic E-state index is 13.1. The van der Waals surface area contributed by atoms with E-state index in [9.17, 15) is 9.59 Å². The Labute approximate surface area is 182 Å². The molecule has 0 aliphatic carbocycles. The maximum Gasteiger partial charge on any atom is 0.280 e. The molecular weight excluding hydrogens is 390 g/mol. The Bertz CT molecular complexity index is 1050. The first-order chi connectivity index (χ1) is 15.1. The normalized spacial score (nSPS) is 10.8. The summed E-state index contributed by atoms with van der Waals surface area (Å²) in [5.41, 5.74) is 2.45. The van der Waals surface area contributed by atoms with Crippen LogP contribution < -0.4 is 10.9 Å². The number of amides is 1. The van der Waals surface area contributed by atoms with Crippen LogP contribution in [0, 0.1) is 0 Å². The van der Waals surface area contributed by atoms with Gasteiger partial charge in [0.1, 0.15) is 5.56 Å². The molecule has 6 heteroatoms. The lowest BCUT2D eigenvalue weighted by molar-refractivity contribution is 0.0939. The van der Waals surface area contributed by atoms with E-state index in [-0.39, 0.29) is 5.56 Å². The monoisotopic (exact) mass is 419 g/mol. The number of ether oxygens (including phenoxy) is 1. The fourth-order valence-electron chi connectivity index (χ4n) is 3.34. The fourth-order valence-corrected chi connectivity index (χ4v) is 3.34. The van der Waals surface area contributed by atoms with Crippen LogP contribution in [-0.2, 0) is 11.8 Å². The lowest BCUT2D eigenvalue weighted by Gasteiger charge is -2.16. The van der Waals surface area contributed by atoms with Gasteiger partial charge in [-0.25, -0.2) is 4.68 Å². The summed E-state index contributed by atoms with van der Waals surface area (Å²) in [5, 5.41) is 7.39. The Morgan fingerprint density at radius 3 is 2.23 bits per heavy atom. The molecule has 2 aromatic carbocycles. The molecule has 1 aromatic heterocycles. The van der Waals surface area contributed by atoms with Gasteiger partial charge >= 0.3 is 0 Å². The minimum Gasteiger partial charge on any atom is -0.381 e. The largest absolute Gasteiger partial charge is 0.381 e. The second-order valence-corrected chi connectivity index (χ2v) is 7.33. The van der Waals surface area contributed by atoms with Gasteiger partial charge in [-0.3, -0.25) is 9.59 Å². The molecule has 0 saturated carbocycles. The van der Waals surface area contributed by atoms with Crippen molar-refractivity contribution in [1.29, 1.82) is 0 Å². The summed E-state index contributed by atoms with van der Waals surface area (Å²) in [6.45, 7) is 3.86. The molecule has 6 nitrogen and oxygen atoms in total. The Kier molecular flexibility index (Phi) is 8.12. The zero-order valence-corrected chi connectivity index (χ0v) is 18.1. The summed E-state index contributed by atoms with van der Waals surface area (Å²) in [7, 11) is 1.57. The average Bonchev–Trinajstić information content (AvgIpc) is 2.80. The highest BCUT2D eigenvalue weighted by Crippen LogP contribution is 2.31. The summed E-state index contributed by atoms with van der Waals surface area (Å²) in [6.07, 6.45) is 2.81. The summed E-state index contributed by atoms with van der Waals surface area (Å²) < 4.78 is 6.78. The molecule has 0 atom stereocenters. The number of unbranched alkanes of at least 4 members (excludes halogenated alkanes) is 1. The first kappa shape index (κ1) is 22.4. The third kappa shape index (κ3) is 5.67. The predicted octanol–water partition coefficient (Wildman–Crippen LogP) is 4.05. The van der Waals surface area contributed by atoms with Crippen molar-refractivity contribution in [3.05, 3.63) is 76.6 Å². The van der Waals surface area contributed by atoms with Crippen molar-refractivity contribution in [2.24, 2.45) is 7.05 Å². The summed E-state index contributed by atoms with van der Waals surface area (Å²) in [5.74, 6) is -0.396. The Balaban J connectivity index is 1.94. The van der Waals surface area contributed by atoms with Crippen LogP contribution in [0.15, 0.2) is 65.5 Å². The predicted molar refractivity (Wildman–Crippen MR) is 123 cm³/mol. The number of carbonyl (C=O) groups excluding carboxylic acids is 1. The molecule has 3 aromatic rings. The van der Waals surface area contributed by atoms with Crippen molar-refractivity contribution in [3.63, 3.8) is 0 Å². The Hall–Kier alpha value is -3.25. The quantitative estimate of drug-likeness (QED) is 0.503. The fraction of sp³-hybridized carbons (Fsp3) is 0.320. The highest BCUT2D eigenvalue weighted by atomic mass is 16.5. The third-order valence-electron chi connectivity index (χ3n) is 4.97. The first-order valence-electron chi connectivity index (χ1n) is 10.7. The van der Waals surface area contributed by atoms with Crippen LogP contribution in [0.2, 0.25) is 0 Å². The molecule has 0 unspecified atom stereocenters. The number of rotatable bonds is 10. The van der Waals surface area contributed by atoms with Crippen LogP contribution in [0.4, 0.5) is 0 Å². The highest BCUT2D eigenvalue weighted by molar-refractivity contribution is 6.03. The zero-order valence-electron chi connectivity index (χ0n) is 18.1. The molecule has 1 amide bonds. The van der Waals surface area contributed by atoms with Crippen molar-refractivity contribution in [3.8, 4) is 22.4 Å². The van der Waals surface area contributed by atoms with Gasteiger partial charge in [0.15, 0.2) is 0 Å². The van der Waals surface area contributed by atoms with E-state index in [2.05, 4.69) is 17.3 Å². The molecule has 0 fully saturated rings. The van der Waals surface area contributed by atoms with Gasteiger partial charge in [0, 0.05) is 37.9 Å². The van der Waals surface area contributed by atoms with Gasteiger partial charge in [-0.05, 0) is 18.4 Å². The van der Waals surface area contributed by atoms with Crippen molar-refractivity contribution >= 4 is 5.91 Å². The van der Waals surface area contributed by atoms with E-state index in [0.29, 0.717) is 30.8 Å².